The maximum Gasteiger partial charge on any atom is 0.240 e. The number of anilines is 4. The minimum absolute atomic E-state index is 0.0277. The molecule has 2 aromatic heterocycles. The van der Waals surface area contributed by atoms with Crippen molar-refractivity contribution in [2.75, 3.05) is 10.6 Å². The fraction of sp³-hybridized carbons (Fsp3) is 0.188. The zero-order valence-corrected chi connectivity index (χ0v) is 15.4. The highest BCUT2D eigenvalue weighted by Gasteiger charge is 2.14. The summed E-state index contributed by atoms with van der Waals surface area (Å²) in [6, 6.07) is 8.01. The molecule has 136 valence electrons. The Morgan fingerprint density at radius 1 is 1.12 bits per heavy atom. The molecular weight excluding hydrogens is 354 g/mol. The van der Waals surface area contributed by atoms with Crippen molar-refractivity contribution in [3.05, 3.63) is 47.8 Å². The minimum atomic E-state index is -3.87. The highest BCUT2D eigenvalue weighted by molar-refractivity contribution is 7.89. The third-order valence-corrected chi connectivity index (χ3v) is 4.83. The van der Waals surface area contributed by atoms with E-state index in [0.29, 0.717) is 11.5 Å². The quantitative estimate of drug-likeness (QED) is 0.623. The SMILES string of the molecule is Cc1nn(C)c(Nc2ccnc(Nc3ccccc3S(N)(=O)=O)n2)c1C. The number of rotatable bonds is 5. The smallest absolute Gasteiger partial charge is 0.240 e. The zero-order chi connectivity index (χ0) is 18.9. The lowest BCUT2D eigenvalue weighted by Gasteiger charge is -2.11. The number of hydrogen-bond acceptors (Lipinski definition) is 7. The van der Waals surface area contributed by atoms with Gasteiger partial charge in [0, 0.05) is 18.8 Å². The Morgan fingerprint density at radius 2 is 1.85 bits per heavy atom. The third kappa shape index (κ3) is 3.65. The molecule has 10 heteroatoms. The number of para-hydroxylation sites is 1. The van der Waals surface area contributed by atoms with Crippen LogP contribution >= 0.6 is 0 Å². The van der Waals surface area contributed by atoms with Gasteiger partial charge in [-0.1, -0.05) is 12.1 Å². The lowest BCUT2D eigenvalue weighted by atomic mass is 10.3. The van der Waals surface area contributed by atoms with Crippen LogP contribution in [0.2, 0.25) is 0 Å². The molecule has 4 N–H and O–H groups in total. The Labute approximate surface area is 151 Å². The van der Waals surface area contributed by atoms with Crippen LogP contribution in [-0.2, 0) is 17.1 Å². The Balaban J connectivity index is 1.90. The van der Waals surface area contributed by atoms with E-state index < -0.39 is 10.0 Å². The molecule has 0 saturated heterocycles. The molecule has 0 aliphatic carbocycles. The van der Waals surface area contributed by atoms with Gasteiger partial charge in [-0.15, -0.1) is 0 Å². The monoisotopic (exact) mass is 373 g/mol. The van der Waals surface area contributed by atoms with Gasteiger partial charge in [0.25, 0.3) is 0 Å². The van der Waals surface area contributed by atoms with Crippen molar-refractivity contribution in [2.45, 2.75) is 18.7 Å². The fourth-order valence-electron chi connectivity index (χ4n) is 2.49. The number of hydrogen-bond donors (Lipinski definition) is 3. The van der Waals surface area contributed by atoms with Gasteiger partial charge in [-0.05, 0) is 32.0 Å². The molecule has 2 heterocycles. The van der Waals surface area contributed by atoms with Gasteiger partial charge in [-0.3, -0.25) is 4.68 Å². The first-order valence-corrected chi connectivity index (χ1v) is 9.29. The van der Waals surface area contributed by atoms with E-state index in [-0.39, 0.29) is 10.8 Å². The second-order valence-electron chi connectivity index (χ2n) is 5.74. The van der Waals surface area contributed by atoms with Gasteiger partial charge in [0.15, 0.2) is 0 Å². The zero-order valence-electron chi connectivity index (χ0n) is 14.6. The van der Waals surface area contributed by atoms with Crippen molar-refractivity contribution in [2.24, 2.45) is 12.2 Å². The number of sulfonamides is 1. The fourth-order valence-corrected chi connectivity index (χ4v) is 3.18. The molecule has 3 aromatic rings. The summed E-state index contributed by atoms with van der Waals surface area (Å²) in [7, 11) is -2.03. The van der Waals surface area contributed by atoms with Gasteiger partial charge < -0.3 is 10.6 Å². The first-order chi connectivity index (χ1) is 12.3. The Morgan fingerprint density at radius 3 is 2.50 bits per heavy atom. The number of nitrogens with zero attached hydrogens (tertiary/aromatic N) is 4. The predicted molar refractivity (Wildman–Crippen MR) is 99.1 cm³/mol. The standard InChI is InChI=1S/C16H19N7O2S/c1-10-11(2)22-23(3)15(10)20-14-8-9-18-16(21-14)19-12-6-4-5-7-13(12)26(17,24)25/h4-9H,1-3H3,(H2,17,24,25)(H2,18,19,20,21). The third-order valence-electron chi connectivity index (χ3n) is 3.86. The summed E-state index contributed by atoms with van der Waals surface area (Å²) in [5, 5.41) is 15.7. The van der Waals surface area contributed by atoms with Crippen molar-refractivity contribution in [1.29, 1.82) is 0 Å². The molecule has 9 nitrogen and oxygen atoms in total. The van der Waals surface area contributed by atoms with Crippen LogP contribution in [0.3, 0.4) is 0 Å². The summed E-state index contributed by atoms with van der Waals surface area (Å²) in [5.74, 6) is 1.60. The first kappa shape index (κ1) is 17.8. The molecule has 3 rings (SSSR count). The number of benzene rings is 1. The Hall–Kier alpha value is -2.98. The van der Waals surface area contributed by atoms with Gasteiger partial charge in [0.2, 0.25) is 16.0 Å². The van der Waals surface area contributed by atoms with Crippen molar-refractivity contribution in [3.8, 4) is 0 Å². The van der Waals surface area contributed by atoms with Crippen molar-refractivity contribution >= 4 is 33.3 Å². The van der Waals surface area contributed by atoms with E-state index in [1.807, 2.05) is 20.9 Å². The largest absolute Gasteiger partial charge is 0.325 e. The second kappa shape index (κ2) is 6.73. The molecule has 0 radical (unpaired) electrons. The van der Waals surface area contributed by atoms with E-state index >= 15 is 0 Å². The van der Waals surface area contributed by atoms with Gasteiger partial charge in [-0.2, -0.15) is 10.1 Å². The molecule has 0 fully saturated rings. The van der Waals surface area contributed by atoms with Crippen molar-refractivity contribution in [3.63, 3.8) is 0 Å². The molecule has 26 heavy (non-hydrogen) atoms. The van der Waals surface area contributed by atoms with E-state index in [1.54, 1.807) is 35.1 Å². The summed E-state index contributed by atoms with van der Waals surface area (Å²) in [4.78, 5) is 8.47. The number of nitrogens with two attached hydrogens (primary N) is 1. The van der Waals surface area contributed by atoms with Gasteiger partial charge in [0.1, 0.15) is 16.5 Å². The van der Waals surface area contributed by atoms with Crippen LogP contribution in [0.1, 0.15) is 11.3 Å². The highest BCUT2D eigenvalue weighted by Crippen LogP contribution is 2.24. The lowest BCUT2D eigenvalue weighted by Crippen LogP contribution is -2.14. The molecule has 0 spiro atoms. The Kier molecular flexibility index (Phi) is 4.62. The molecule has 0 unspecified atom stereocenters. The normalized spacial score (nSPS) is 11.4. The number of aromatic nitrogens is 4. The van der Waals surface area contributed by atoms with Crippen LogP contribution in [0.15, 0.2) is 41.4 Å². The average Bonchev–Trinajstić information content (AvgIpc) is 2.81. The van der Waals surface area contributed by atoms with E-state index in [9.17, 15) is 8.42 Å². The molecular formula is C16H19N7O2S. The maximum atomic E-state index is 11.7. The summed E-state index contributed by atoms with van der Waals surface area (Å²) < 4.78 is 25.1. The molecule has 0 aliphatic heterocycles. The number of aryl methyl sites for hydroxylation is 2. The second-order valence-corrected chi connectivity index (χ2v) is 7.27. The molecule has 0 aliphatic rings. The van der Waals surface area contributed by atoms with E-state index in [1.165, 1.54) is 6.07 Å². The van der Waals surface area contributed by atoms with Crippen LogP contribution in [0.25, 0.3) is 0 Å². The number of primary sulfonamides is 1. The predicted octanol–water partition coefficient (Wildman–Crippen LogP) is 1.96. The van der Waals surface area contributed by atoms with Crippen molar-refractivity contribution < 1.29 is 8.42 Å². The molecule has 1 aromatic carbocycles. The van der Waals surface area contributed by atoms with E-state index in [4.69, 9.17) is 5.14 Å². The maximum absolute atomic E-state index is 11.7. The van der Waals surface area contributed by atoms with Gasteiger partial charge in [0.05, 0.1) is 11.4 Å². The summed E-state index contributed by atoms with van der Waals surface area (Å²) in [6.45, 7) is 3.89. The number of nitrogens with one attached hydrogen (secondary N) is 2. The summed E-state index contributed by atoms with van der Waals surface area (Å²) in [6.07, 6.45) is 1.57. The van der Waals surface area contributed by atoms with Gasteiger partial charge in [-0.25, -0.2) is 18.5 Å². The highest BCUT2D eigenvalue weighted by atomic mass is 32.2. The van der Waals surface area contributed by atoms with Crippen molar-refractivity contribution in [1.82, 2.24) is 19.7 Å². The summed E-state index contributed by atoms with van der Waals surface area (Å²) in [5.41, 5.74) is 2.24. The summed E-state index contributed by atoms with van der Waals surface area (Å²) >= 11 is 0. The van der Waals surface area contributed by atoms with Crippen LogP contribution in [-0.4, -0.2) is 28.2 Å². The minimum Gasteiger partial charge on any atom is -0.325 e. The first-order valence-electron chi connectivity index (χ1n) is 7.75. The van der Waals surface area contributed by atoms with Crippen LogP contribution in [0.5, 0.6) is 0 Å². The molecule has 0 amide bonds. The van der Waals surface area contributed by atoms with Crippen LogP contribution in [0, 0.1) is 13.8 Å². The molecule has 0 atom stereocenters. The Bertz CT molecular complexity index is 1060. The van der Waals surface area contributed by atoms with Crippen LogP contribution in [0.4, 0.5) is 23.3 Å². The van der Waals surface area contributed by atoms with Crippen LogP contribution < -0.4 is 15.8 Å². The molecule has 0 bridgehead atoms. The van der Waals surface area contributed by atoms with E-state index in [0.717, 1.165) is 17.1 Å². The molecule has 0 saturated carbocycles. The lowest BCUT2D eigenvalue weighted by molar-refractivity contribution is 0.598. The topological polar surface area (TPSA) is 128 Å². The average molecular weight is 373 g/mol. The van der Waals surface area contributed by atoms with E-state index in [2.05, 4.69) is 25.7 Å². The van der Waals surface area contributed by atoms with Gasteiger partial charge >= 0.3 is 0 Å².